The molecule has 1 aliphatic rings. The van der Waals surface area contributed by atoms with E-state index in [2.05, 4.69) is 13.8 Å². The second-order valence-electron chi connectivity index (χ2n) is 8.11. The van der Waals surface area contributed by atoms with Crippen molar-refractivity contribution in [3.05, 3.63) is 64.4 Å². The smallest absolute Gasteiger partial charge is 0.266 e. The van der Waals surface area contributed by atoms with Gasteiger partial charge in [0, 0.05) is 12.1 Å². The Morgan fingerprint density at radius 2 is 1.73 bits per heavy atom. The standard InChI is InChI=1S/C24H27N3O2S/c1-16-11-13-19(14-12-16)27-23(29)20-9-4-5-10-21(20)25-24(27)30-15-22(28)26-17(2)7-6-8-18(26)3/h4-5,9-14,17-18H,6-8,15H2,1-3H3. The molecule has 0 saturated carbocycles. The maximum absolute atomic E-state index is 13.3. The summed E-state index contributed by atoms with van der Waals surface area (Å²) in [4.78, 5) is 33.1. The molecule has 0 bridgehead atoms. The van der Waals surface area contributed by atoms with Gasteiger partial charge in [-0.15, -0.1) is 0 Å². The summed E-state index contributed by atoms with van der Waals surface area (Å²) in [5.41, 5.74) is 2.43. The Balaban J connectivity index is 1.70. The van der Waals surface area contributed by atoms with Crippen LogP contribution in [0.4, 0.5) is 0 Å². The molecule has 2 aromatic carbocycles. The van der Waals surface area contributed by atoms with Crippen LogP contribution in [0.2, 0.25) is 0 Å². The fourth-order valence-electron chi connectivity index (χ4n) is 4.24. The minimum atomic E-state index is -0.112. The number of thioether (sulfide) groups is 1. The number of piperidine rings is 1. The van der Waals surface area contributed by atoms with E-state index in [0.29, 0.717) is 16.1 Å². The number of fused-ring (bicyclic) bond motifs is 1. The maximum atomic E-state index is 13.3. The molecule has 2 atom stereocenters. The van der Waals surface area contributed by atoms with E-state index in [0.717, 1.165) is 24.1 Å². The first kappa shape index (κ1) is 20.7. The molecule has 1 fully saturated rings. The number of benzene rings is 2. The van der Waals surface area contributed by atoms with E-state index >= 15 is 0 Å². The largest absolute Gasteiger partial charge is 0.337 e. The third-order valence-electron chi connectivity index (χ3n) is 5.84. The van der Waals surface area contributed by atoms with Crippen molar-refractivity contribution in [1.29, 1.82) is 0 Å². The molecule has 5 nitrogen and oxygen atoms in total. The lowest BCUT2D eigenvalue weighted by Gasteiger charge is -2.39. The zero-order valence-electron chi connectivity index (χ0n) is 17.7. The number of aryl methyl sites for hydroxylation is 1. The molecule has 0 N–H and O–H groups in total. The number of hydrogen-bond acceptors (Lipinski definition) is 4. The molecule has 1 amide bonds. The summed E-state index contributed by atoms with van der Waals surface area (Å²) in [6, 6.07) is 15.7. The van der Waals surface area contributed by atoms with Crippen LogP contribution in [-0.2, 0) is 4.79 Å². The Kier molecular flexibility index (Phi) is 5.95. The molecule has 2 heterocycles. The van der Waals surface area contributed by atoms with Crippen LogP contribution in [0.5, 0.6) is 0 Å². The Labute approximate surface area is 181 Å². The van der Waals surface area contributed by atoms with E-state index in [1.165, 1.54) is 18.2 Å². The first-order chi connectivity index (χ1) is 14.5. The van der Waals surface area contributed by atoms with Gasteiger partial charge in [-0.3, -0.25) is 14.2 Å². The second-order valence-corrected chi connectivity index (χ2v) is 9.05. The van der Waals surface area contributed by atoms with Crippen LogP contribution in [0.25, 0.3) is 16.6 Å². The predicted molar refractivity (Wildman–Crippen MR) is 122 cm³/mol. The highest BCUT2D eigenvalue weighted by molar-refractivity contribution is 7.99. The number of likely N-dealkylation sites (tertiary alicyclic amines) is 1. The van der Waals surface area contributed by atoms with E-state index in [9.17, 15) is 9.59 Å². The van der Waals surface area contributed by atoms with Crippen molar-refractivity contribution >= 4 is 28.6 Å². The van der Waals surface area contributed by atoms with Gasteiger partial charge < -0.3 is 4.90 Å². The zero-order valence-corrected chi connectivity index (χ0v) is 18.5. The summed E-state index contributed by atoms with van der Waals surface area (Å²) >= 11 is 1.34. The SMILES string of the molecule is Cc1ccc(-n2c(SCC(=O)N3C(C)CCCC3C)nc3ccccc3c2=O)cc1. The number of rotatable bonds is 4. The van der Waals surface area contributed by atoms with Crippen molar-refractivity contribution in [2.24, 2.45) is 0 Å². The summed E-state index contributed by atoms with van der Waals surface area (Å²) in [6.45, 7) is 6.25. The maximum Gasteiger partial charge on any atom is 0.266 e. The number of carbonyl (C=O) groups is 1. The average molecular weight is 422 g/mol. The van der Waals surface area contributed by atoms with Gasteiger partial charge in [0.25, 0.3) is 5.56 Å². The zero-order chi connectivity index (χ0) is 21.3. The van der Waals surface area contributed by atoms with Crippen molar-refractivity contribution in [1.82, 2.24) is 14.5 Å². The number of hydrogen-bond donors (Lipinski definition) is 0. The normalized spacial score (nSPS) is 19.2. The van der Waals surface area contributed by atoms with Gasteiger partial charge in [-0.2, -0.15) is 0 Å². The molecule has 1 aliphatic heterocycles. The van der Waals surface area contributed by atoms with E-state index in [-0.39, 0.29) is 29.3 Å². The molecule has 3 aromatic rings. The van der Waals surface area contributed by atoms with Crippen molar-refractivity contribution in [3.63, 3.8) is 0 Å². The molecule has 156 valence electrons. The number of carbonyl (C=O) groups excluding carboxylic acids is 1. The van der Waals surface area contributed by atoms with Crippen molar-refractivity contribution < 1.29 is 4.79 Å². The molecular formula is C24H27N3O2S. The van der Waals surface area contributed by atoms with Crippen molar-refractivity contribution in [2.75, 3.05) is 5.75 Å². The molecule has 0 spiro atoms. The highest BCUT2D eigenvalue weighted by atomic mass is 32.2. The Morgan fingerprint density at radius 3 is 2.43 bits per heavy atom. The van der Waals surface area contributed by atoms with Gasteiger partial charge in [-0.1, -0.05) is 41.6 Å². The third-order valence-corrected chi connectivity index (χ3v) is 6.77. The van der Waals surface area contributed by atoms with Crippen LogP contribution < -0.4 is 5.56 Å². The number of nitrogens with zero attached hydrogens (tertiary/aromatic N) is 3. The lowest BCUT2D eigenvalue weighted by Crippen LogP contribution is -2.48. The summed E-state index contributed by atoms with van der Waals surface area (Å²) in [5.74, 6) is 0.378. The van der Waals surface area contributed by atoms with Gasteiger partial charge >= 0.3 is 0 Å². The van der Waals surface area contributed by atoms with Gasteiger partial charge in [0.05, 0.1) is 22.3 Å². The fraction of sp³-hybridized carbons (Fsp3) is 0.375. The lowest BCUT2D eigenvalue weighted by molar-refractivity contribution is -0.134. The molecule has 1 aromatic heterocycles. The van der Waals surface area contributed by atoms with E-state index < -0.39 is 0 Å². The highest BCUT2D eigenvalue weighted by Gasteiger charge is 2.29. The molecule has 30 heavy (non-hydrogen) atoms. The Bertz CT molecular complexity index is 1110. The molecule has 1 saturated heterocycles. The first-order valence-corrected chi connectivity index (χ1v) is 11.5. The molecular weight excluding hydrogens is 394 g/mol. The van der Waals surface area contributed by atoms with Crippen molar-refractivity contribution in [3.8, 4) is 5.69 Å². The van der Waals surface area contributed by atoms with Crippen LogP contribution >= 0.6 is 11.8 Å². The van der Waals surface area contributed by atoms with Crippen LogP contribution in [0.1, 0.15) is 38.7 Å². The quantitative estimate of drug-likeness (QED) is 0.457. The van der Waals surface area contributed by atoms with Crippen LogP contribution in [0, 0.1) is 6.92 Å². The van der Waals surface area contributed by atoms with Gasteiger partial charge in [0.1, 0.15) is 0 Å². The number of para-hydroxylation sites is 1. The topological polar surface area (TPSA) is 55.2 Å². The molecule has 0 radical (unpaired) electrons. The molecule has 0 aliphatic carbocycles. The molecule has 6 heteroatoms. The lowest BCUT2D eigenvalue weighted by atomic mass is 9.98. The summed E-state index contributed by atoms with van der Waals surface area (Å²) in [5, 5.41) is 1.13. The second kappa shape index (κ2) is 8.64. The monoisotopic (exact) mass is 421 g/mol. The van der Waals surface area contributed by atoms with Gasteiger partial charge in [0.15, 0.2) is 5.16 Å². The Morgan fingerprint density at radius 1 is 1.07 bits per heavy atom. The molecule has 2 unspecified atom stereocenters. The van der Waals surface area contributed by atoms with Crippen LogP contribution in [0.15, 0.2) is 58.5 Å². The minimum Gasteiger partial charge on any atom is -0.337 e. The summed E-state index contributed by atoms with van der Waals surface area (Å²) < 4.78 is 1.63. The average Bonchev–Trinajstić information content (AvgIpc) is 2.73. The highest BCUT2D eigenvalue weighted by Crippen LogP contribution is 2.26. The minimum absolute atomic E-state index is 0.109. The number of aromatic nitrogens is 2. The first-order valence-electron chi connectivity index (χ1n) is 10.5. The van der Waals surface area contributed by atoms with E-state index in [4.69, 9.17) is 4.98 Å². The Hall–Kier alpha value is -2.60. The van der Waals surface area contributed by atoms with Gasteiger partial charge in [-0.25, -0.2) is 4.98 Å². The number of amides is 1. The summed E-state index contributed by atoms with van der Waals surface area (Å²) in [6.07, 6.45) is 3.25. The fourth-order valence-corrected chi connectivity index (χ4v) is 5.13. The van der Waals surface area contributed by atoms with Crippen LogP contribution in [0.3, 0.4) is 0 Å². The van der Waals surface area contributed by atoms with Crippen LogP contribution in [-0.4, -0.2) is 38.2 Å². The van der Waals surface area contributed by atoms with Gasteiger partial charge in [0.2, 0.25) is 5.91 Å². The van der Waals surface area contributed by atoms with Crippen molar-refractivity contribution in [2.45, 2.75) is 57.3 Å². The summed E-state index contributed by atoms with van der Waals surface area (Å²) in [7, 11) is 0. The molecule has 4 rings (SSSR count). The van der Waals surface area contributed by atoms with E-state index in [1.54, 1.807) is 10.6 Å². The van der Waals surface area contributed by atoms with Gasteiger partial charge in [-0.05, 0) is 64.3 Å². The van der Waals surface area contributed by atoms with E-state index in [1.807, 2.05) is 54.3 Å². The third kappa shape index (κ3) is 4.01. The predicted octanol–water partition coefficient (Wildman–Crippen LogP) is 4.58.